The highest BCUT2D eigenvalue weighted by Gasteiger charge is 2.35. The van der Waals surface area contributed by atoms with E-state index >= 15 is 0 Å². The average Bonchev–Trinajstić information content (AvgIpc) is 2.60. The number of halogens is 4. The molecular formula is C18H20F4N2O2. The van der Waals surface area contributed by atoms with Crippen LogP contribution in [0, 0.1) is 11.7 Å². The van der Waals surface area contributed by atoms with Gasteiger partial charge in [0.15, 0.2) is 0 Å². The molecule has 0 saturated carbocycles. The molecule has 1 N–H and O–H groups in total. The van der Waals surface area contributed by atoms with E-state index in [2.05, 4.69) is 11.9 Å². The van der Waals surface area contributed by atoms with Crippen LogP contribution in [0.3, 0.4) is 0 Å². The predicted octanol–water partition coefficient (Wildman–Crippen LogP) is 3.36. The van der Waals surface area contributed by atoms with E-state index in [1.165, 1.54) is 18.2 Å². The number of rotatable bonds is 5. The fraction of sp³-hybridized carbons (Fsp3) is 0.444. The van der Waals surface area contributed by atoms with Crippen molar-refractivity contribution in [1.82, 2.24) is 10.2 Å². The Morgan fingerprint density at radius 2 is 1.81 bits per heavy atom. The molecule has 1 atom stereocenters. The van der Waals surface area contributed by atoms with Crippen LogP contribution in [0.2, 0.25) is 0 Å². The van der Waals surface area contributed by atoms with Gasteiger partial charge in [-0.15, -0.1) is 0 Å². The summed E-state index contributed by atoms with van der Waals surface area (Å²) in [6, 6.07) is 3.31. The zero-order valence-corrected chi connectivity index (χ0v) is 14.1. The average molecular weight is 372 g/mol. The summed E-state index contributed by atoms with van der Waals surface area (Å²) in [5, 5.41) is 2.43. The zero-order chi connectivity index (χ0) is 19.3. The maximum Gasteiger partial charge on any atom is 0.391 e. The topological polar surface area (TPSA) is 49.4 Å². The van der Waals surface area contributed by atoms with E-state index in [9.17, 15) is 27.2 Å². The van der Waals surface area contributed by atoms with E-state index in [1.807, 2.05) is 0 Å². The van der Waals surface area contributed by atoms with Crippen molar-refractivity contribution in [2.24, 2.45) is 5.92 Å². The summed E-state index contributed by atoms with van der Waals surface area (Å²) in [4.78, 5) is 25.5. The molecule has 0 radical (unpaired) electrons. The Bertz CT molecular complexity index is 650. The number of amides is 2. The summed E-state index contributed by atoms with van der Waals surface area (Å²) in [6.45, 7) is 4.10. The Labute approximate surface area is 148 Å². The number of hydrogen-bond donors (Lipinski definition) is 1. The number of piperidine rings is 1. The molecule has 1 aromatic rings. The molecule has 1 heterocycles. The largest absolute Gasteiger partial charge is 0.391 e. The van der Waals surface area contributed by atoms with Crippen molar-refractivity contribution in [3.8, 4) is 0 Å². The molecule has 0 aliphatic carbocycles. The van der Waals surface area contributed by atoms with Gasteiger partial charge in [-0.2, -0.15) is 13.2 Å². The van der Waals surface area contributed by atoms with Gasteiger partial charge in [0, 0.05) is 19.0 Å². The van der Waals surface area contributed by atoms with E-state index in [4.69, 9.17) is 0 Å². The van der Waals surface area contributed by atoms with Gasteiger partial charge in [-0.1, -0.05) is 18.7 Å². The van der Waals surface area contributed by atoms with Crippen molar-refractivity contribution in [3.63, 3.8) is 0 Å². The second kappa shape index (κ2) is 8.33. The Hall–Kier alpha value is -2.38. The summed E-state index contributed by atoms with van der Waals surface area (Å²) in [5.74, 6) is -1.76. The van der Waals surface area contributed by atoms with Gasteiger partial charge in [0.05, 0.1) is 12.5 Å². The Morgan fingerprint density at radius 3 is 2.31 bits per heavy atom. The molecule has 1 fully saturated rings. The summed E-state index contributed by atoms with van der Waals surface area (Å²) in [7, 11) is 0. The monoisotopic (exact) mass is 372 g/mol. The van der Waals surface area contributed by atoms with E-state index in [0.29, 0.717) is 25.9 Å². The molecule has 2 rings (SSSR count). The highest BCUT2D eigenvalue weighted by Crippen LogP contribution is 2.30. The van der Waals surface area contributed by atoms with Gasteiger partial charge in [-0.05, 0) is 36.6 Å². The fourth-order valence-corrected chi connectivity index (χ4v) is 2.96. The quantitative estimate of drug-likeness (QED) is 0.637. The number of carbonyl (C=O) groups excluding carboxylic acids is 2. The first-order chi connectivity index (χ1) is 12.2. The van der Waals surface area contributed by atoms with E-state index < -0.39 is 36.3 Å². The molecule has 0 spiro atoms. The maximum atomic E-state index is 13.0. The Balaban J connectivity index is 2.03. The van der Waals surface area contributed by atoms with Gasteiger partial charge in [-0.25, -0.2) is 4.39 Å². The van der Waals surface area contributed by atoms with Crippen LogP contribution in [-0.2, 0) is 9.59 Å². The third-order valence-electron chi connectivity index (χ3n) is 4.38. The van der Waals surface area contributed by atoms with Crippen molar-refractivity contribution >= 4 is 11.8 Å². The second-order valence-corrected chi connectivity index (χ2v) is 6.24. The summed E-state index contributed by atoms with van der Waals surface area (Å²) in [5.41, 5.74) is 0.191. The smallest absolute Gasteiger partial charge is 0.349 e. The molecule has 2 amide bonds. The minimum absolute atomic E-state index is 0.191. The van der Waals surface area contributed by atoms with E-state index in [1.54, 1.807) is 4.90 Å². The molecule has 1 unspecified atom stereocenters. The molecule has 0 aromatic heterocycles. The molecule has 4 nitrogen and oxygen atoms in total. The number of likely N-dealkylation sites (tertiary alicyclic amines) is 1. The molecule has 8 heteroatoms. The maximum absolute atomic E-state index is 13.0. The van der Waals surface area contributed by atoms with Gasteiger partial charge >= 0.3 is 6.18 Å². The fourth-order valence-electron chi connectivity index (χ4n) is 2.96. The summed E-state index contributed by atoms with van der Waals surface area (Å²) in [6.07, 6.45) is -3.79. The van der Waals surface area contributed by atoms with Crippen LogP contribution in [0.25, 0.3) is 0 Å². The number of carbonyl (C=O) groups is 2. The van der Waals surface area contributed by atoms with Crippen LogP contribution < -0.4 is 5.32 Å². The van der Waals surface area contributed by atoms with Crippen LogP contribution in [0.15, 0.2) is 36.9 Å². The van der Waals surface area contributed by atoms with E-state index in [0.717, 1.165) is 12.1 Å². The lowest BCUT2D eigenvalue weighted by Crippen LogP contribution is -2.43. The molecule has 1 aromatic carbocycles. The zero-order valence-electron chi connectivity index (χ0n) is 14.1. The van der Waals surface area contributed by atoms with Gasteiger partial charge in [0.25, 0.3) is 0 Å². The standard InChI is InChI=1S/C18H20F4N2O2/c1-2-16(25)24-9-7-13(8-10-24)17(26)23-15(11-18(20,21)22)12-3-5-14(19)6-4-12/h2-6,13,15H,1,7-11H2,(H,23,26). The molecule has 1 aliphatic rings. The first kappa shape index (κ1) is 19.9. The first-order valence-corrected chi connectivity index (χ1v) is 8.23. The van der Waals surface area contributed by atoms with Crippen molar-refractivity contribution < 1.29 is 27.2 Å². The minimum Gasteiger partial charge on any atom is -0.349 e. The van der Waals surface area contributed by atoms with Crippen LogP contribution in [0.1, 0.15) is 30.9 Å². The van der Waals surface area contributed by atoms with Crippen molar-refractivity contribution in [3.05, 3.63) is 48.3 Å². The number of nitrogens with one attached hydrogen (secondary N) is 1. The highest BCUT2D eigenvalue weighted by molar-refractivity contribution is 5.87. The molecular weight excluding hydrogens is 352 g/mol. The van der Waals surface area contributed by atoms with Crippen molar-refractivity contribution in [2.45, 2.75) is 31.5 Å². The minimum atomic E-state index is -4.48. The molecule has 1 saturated heterocycles. The predicted molar refractivity (Wildman–Crippen MR) is 87.5 cm³/mol. The normalized spacial score (nSPS) is 16.8. The highest BCUT2D eigenvalue weighted by atomic mass is 19.4. The van der Waals surface area contributed by atoms with Crippen LogP contribution >= 0.6 is 0 Å². The lowest BCUT2D eigenvalue weighted by atomic mass is 9.94. The van der Waals surface area contributed by atoms with Crippen LogP contribution in [0.4, 0.5) is 17.6 Å². The number of nitrogens with zero attached hydrogens (tertiary/aromatic N) is 1. The van der Waals surface area contributed by atoms with Crippen molar-refractivity contribution in [2.75, 3.05) is 13.1 Å². The molecule has 0 bridgehead atoms. The third kappa shape index (κ3) is 5.57. The lowest BCUT2D eigenvalue weighted by Gasteiger charge is -2.31. The van der Waals surface area contributed by atoms with Gasteiger partial charge in [0.1, 0.15) is 5.82 Å². The van der Waals surface area contributed by atoms with E-state index in [-0.39, 0.29) is 11.5 Å². The van der Waals surface area contributed by atoms with Crippen LogP contribution in [-0.4, -0.2) is 36.0 Å². The number of benzene rings is 1. The van der Waals surface area contributed by atoms with Crippen molar-refractivity contribution in [1.29, 1.82) is 0 Å². The SMILES string of the molecule is C=CC(=O)N1CCC(C(=O)NC(CC(F)(F)F)c2ccc(F)cc2)CC1. The number of alkyl halides is 3. The van der Waals surface area contributed by atoms with Gasteiger partial charge in [0.2, 0.25) is 11.8 Å². The first-order valence-electron chi connectivity index (χ1n) is 8.23. The molecule has 26 heavy (non-hydrogen) atoms. The second-order valence-electron chi connectivity index (χ2n) is 6.24. The van der Waals surface area contributed by atoms with Gasteiger partial charge < -0.3 is 10.2 Å². The number of hydrogen-bond acceptors (Lipinski definition) is 2. The Morgan fingerprint density at radius 1 is 1.23 bits per heavy atom. The Kier molecular flexibility index (Phi) is 6.39. The lowest BCUT2D eigenvalue weighted by molar-refractivity contribution is -0.144. The summed E-state index contributed by atoms with van der Waals surface area (Å²) < 4.78 is 51.6. The summed E-state index contributed by atoms with van der Waals surface area (Å²) >= 11 is 0. The molecule has 1 aliphatic heterocycles. The third-order valence-corrected chi connectivity index (χ3v) is 4.38. The molecule has 142 valence electrons. The van der Waals surface area contributed by atoms with Gasteiger partial charge in [-0.3, -0.25) is 9.59 Å². The van der Waals surface area contributed by atoms with Crippen LogP contribution in [0.5, 0.6) is 0 Å².